The van der Waals surface area contributed by atoms with Gasteiger partial charge >= 0.3 is 5.97 Å². The fourth-order valence-corrected chi connectivity index (χ4v) is 3.41. The average Bonchev–Trinajstić information content (AvgIpc) is 3.16. The van der Waals surface area contributed by atoms with E-state index >= 15 is 0 Å². The number of esters is 1. The molecule has 0 saturated carbocycles. The lowest BCUT2D eigenvalue weighted by Crippen LogP contribution is -2.35. The monoisotopic (exact) mass is 332 g/mol. The fraction of sp³-hybridized carbons (Fsp3) is 0.375. The zero-order valence-corrected chi connectivity index (χ0v) is 13.3. The van der Waals surface area contributed by atoms with Gasteiger partial charge in [-0.2, -0.15) is 0 Å². The van der Waals surface area contributed by atoms with E-state index in [1.54, 1.807) is 11.3 Å². The minimum Gasteiger partial charge on any atom is -0.456 e. The van der Waals surface area contributed by atoms with Crippen LogP contribution in [-0.2, 0) is 25.5 Å². The predicted octanol–water partition coefficient (Wildman–Crippen LogP) is 1.92. The first-order valence-electron chi connectivity index (χ1n) is 7.47. The summed E-state index contributed by atoms with van der Waals surface area (Å²) in [6.45, 7) is 0.0470. The molecule has 0 aliphatic carbocycles. The molecule has 2 amide bonds. The van der Waals surface area contributed by atoms with Crippen LogP contribution in [0.1, 0.15) is 24.3 Å². The molecule has 0 unspecified atom stereocenters. The molecule has 0 N–H and O–H groups in total. The molecule has 0 bridgehead atoms. The molecular weight excluding hydrogens is 316 g/mol. The largest absolute Gasteiger partial charge is 0.456 e. The summed E-state index contributed by atoms with van der Waals surface area (Å²) in [5.74, 6) is -1.09. The Kier molecular flexibility index (Phi) is 4.66. The van der Waals surface area contributed by atoms with E-state index < -0.39 is 11.9 Å². The van der Waals surface area contributed by atoms with Crippen molar-refractivity contribution in [1.82, 2.24) is 9.88 Å². The van der Waals surface area contributed by atoms with Gasteiger partial charge < -0.3 is 4.74 Å². The average molecular weight is 332 g/mol. The normalized spacial score (nSPS) is 14.4. The summed E-state index contributed by atoms with van der Waals surface area (Å²) in [6, 6.07) is 7.79. The number of amides is 2. The third-order valence-corrected chi connectivity index (χ3v) is 4.71. The van der Waals surface area contributed by atoms with Crippen LogP contribution in [0.15, 0.2) is 24.3 Å². The van der Waals surface area contributed by atoms with Gasteiger partial charge in [-0.25, -0.2) is 4.98 Å². The van der Waals surface area contributed by atoms with Crippen LogP contribution in [-0.4, -0.2) is 40.8 Å². The Bertz CT molecular complexity index is 722. The number of fused-ring (bicyclic) bond motifs is 1. The molecule has 1 aliphatic heterocycles. The number of ether oxygens (including phenoxy) is 1. The van der Waals surface area contributed by atoms with Gasteiger partial charge in [-0.3, -0.25) is 19.3 Å². The van der Waals surface area contributed by atoms with Gasteiger partial charge in [0.15, 0.2) is 6.61 Å². The summed E-state index contributed by atoms with van der Waals surface area (Å²) < 4.78 is 6.04. The van der Waals surface area contributed by atoms with Crippen molar-refractivity contribution < 1.29 is 19.1 Å². The number of hydrogen-bond donors (Lipinski definition) is 0. The molecule has 2 heterocycles. The van der Waals surface area contributed by atoms with E-state index in [1.165, 1.54) is 0 Å². The van der Waals surface area contributed by atoms with Gasteiger partial charge in [-0.1, -0.05) is 12.1 Å². The Balaban J connectivity index is 1.46. The maximum atomic E-state index is 11.8. The number of likely N-dealkylation sites (tertiary alicyclic amines) is 1. The summed E-state index contributed by atoms with van der Waals surface area (Å²) in [7, 11) is 0. The van der Waals surface area contributed by atoms with E-state index in [9.17, 15) is 14.4 Å². The molecule has 120 valence electrons. The molecule has 3 rings (SSSR count). The lowest BCUT2D eigenvalue weighted by molar-refractivity contribution is -0.154. The number of hydrogen-bond acceptors (Lipinski definition) is 6. The number of benzene rings is 1. The van der Waals surface area contributed by atoms with Crippen molar-refractivity contribution in [2.75, 3.05) is 13.2 Å². The first kappa shape index (κ1) is 15.6. The van der Waals surface area contributed by atoms with Crippen LogP contribution >= 0.6 is 11.3 Å². The van der Waals surface area contributed by atoms with Crippen molar-refractivity contribution in [2.45, 2.75) is 25.7 Å². The van der Waals surface area contributed by atoms with Crippen LogP contribution in [0.2, 0.25) is 0 Å². The maximum absolute atomic E-state index is 11.8. The van der Waals surface area contributed by atoms with Gasteiger partial charge in [0.05, 0.1) is 21.6 Å². The third kappa shape index (κ3) is 3.73. The van der Waals surface area contributed by atoms with Gasteiger partial charge in [-0.15, -0.1) is 11.3 Å². The Morgan fingerprint density at radius 2 is 2.13 bits per heavy atom. The fourth-order valence-electron chi connectivity index (χ4n) is 2.44. The van der Waals surface area contributed by atoms with Crippen LogP contribution in [0.25, 0.3) is 10.2 Å². The maximum Gasteiger partial charge on any atom is 0.306 e. The van der Waals surface area contributed by atoms with Crippen molar-refractivity contribution in [3.8, 4) is 0 Å². The molecule has 6 nitrogen and oxygen atoms in total. The molecule has 1 aromatic carbocycles. The van der Waals surface area contributed by atoms with Crippen molar-refractivity contribution in [1.29, 1.82) is 0 Å². The molecule has 1 fully saturated rings. The van der Waals surface area contributed by atoms with E-state index in [-0.39, 0.29) is 18.9 Å². The summed E-state index contributed by atoms with van der Waals surface area (Å²) in [4.78, 5) is 40.5. The van der Waals surface area contributed by atoms with E-state index in [4.69, 9.17) is 4.74 Å². The smallest absolute Gasteiger partial charge is 0.306 e. The highest BCUT2D eigenvalue weighted by molar-refractivity contribution is 7.18. The molecule has 1 aromatic heterocycles. The van der Waals surface area contributed by atoms with Gasteiger partial charge in [0, 0.05) is 19.4 Å². The third-order valence-electron chi connectivity index (χ3n) is 3.61. The number of aromatic nitrogens is 1. The first-order chi connectivity index (χ1) is 11.1. The van der Waals surface area contributed by atoms with Gasteiger partial charge in [0.25, 0.3) is 5.91 Å². The highest BCUT2D eigenvalue weighted by Gasteiger charge is 2.26. The second-order valence-electron chi connectivity index (χ2n) is 5.28. The van der Waals surface area contributed by atoms with Gasteiger partial charge in [0.1, 0.15) is 0 Å². The summed E-state index contributed by atoms with van der Waals surface area (Å²) in [6.07, 6.45) is 1.71. The molecule has 0 spiro atoms. The Morgan fingerprint density at radius 1 is 1.30 bits per heavy atom. The van der Waals surface area contributed by atoms with Crippen molar-refractivity contribution >= 4 is 39.3 Å². The number of para-hydroxylation sites is 1. The Labute approximate surface area is 137 Å². The van der Waals surface area contributed by atoms with Gasteiger partial charge in [0.2, 0.25) is 5.91 Å². The molecule has 0 radical (unpaired) electrons. The Hall–Kier alpha value is -2.28. The van der Waals surface area contributed by atoms with E-state index in [0.717, 1.165) is 20.1 Å². The zero-order chi connectivity index (χ0) is 16.2. The van der Waals surface area contributed by atoms with Crippen LogP contribution < -0.4 is 0 Å². The molecule has 7 heteroatoms. The van der Waals surface area contributed by atoms with Crippen molar-refractivity contribution in [3.05, 3.63) is 29.3 Å². The number of aryl methyl sites for hydroxylation is 1. The van der Waals surface area contributed by atoms with Crippen LogP contribution in [0.5, 0.6) is 0 Å². The van der Waals surface area contributed by atoms with E-state index in [0.29, 0.717) is 25.8 Å². The van der Waals surface area contributed by atoms with Crippen molar-refractivity contribution in [2.24, 2.45) is 0 Å². The highest BCUT2D eigenvalue weighted by Crippen LogP contribution is 2.22. The minimum absolute atomic E-state index is 0.168. The second kappa shape index (κ2) is 6.87. The molecule has 1 saturated heterocycles. The van der Waals surface area contributed by atoms with Crippen molar-refractivity contribution in [3.63, 3.8) is 0 Å². The number of carbonyl (C=O) groups excluding carboxylic acids is 3. The van der Waals surface area contributed by atoms with Crippen LogP contribution in [0, 0.1) is 0 Å². The van der Waals surface area contributed by atoms with Crippen LogP contribution in [0.3, 0.4) is 0 Å². The zero-order valence-electron chi connectivity index (χ0n) is 12.5. The van der Waals surface area contributed by atoms with E-state index in [1.807, 2.05) is 24.3 Å². The minimum atomic E-state index is -0.454. The number of carbonyl (C=O) groups is 3. The first-order valence-corrected chi connectivity index (χ1v) is 8.28. The highest BCUT2D eigenvalue weighted by atomic mass is 32.1. The summed E-state index contributed by atoms with van der Waals surface area (Å²) in [5.41, 5.74) is 0.920. The second-order valence-corrected chi connectivity index (χ2v) is 6.39. The number of nitrogens with zero attached hydrogens (tertiary/aromatic N) is 2. The summed E-state index contributed by atoms with van der Waals surface area (Å²) >= 11 is 1.55. The SMILES string of the molecule is O=C(CCc1nc2ccccc2s1)OCC(=O)N1CCCC1=O. The number of thiazole rings is 1. The molecule has 0 atom stereocenters. The Morgan fingerprint density at radius 3 is 2.87 bits per heavy atom. The molecule has 23 heavy (non-hydrogen) atoms. The lowest BCUT2D eigenvalue weighted by Gasteiger charge is -2.13. The number of rotatable bonds is 5. The summed E-state index contributed by atoms with van der Waals surface area (Å²) in [5, 5.41) is 0.865. The lowest BCUT2D eigenvalue weighted by atomic mass is 10.3. The van der Waals surface area contributed by atoms with E-state index in [2.05, 4.69) is 4.98 Å². The van der Waals surface area contributed by atoms with Gasteiger partial charge in [-0.05, 0) is 18.6 Å². The molecule has 2 aromatic rings. The standard InChI is InChI=1S/C16H16N2O4S/c19-14-6-3-9-18(14)15(20)10-22-16(21)8-7-13-17-11-4-1-2-5-12(11)23-13/h1-2,4-5H,3,6-10H2. The van der Waals surface area contributed by atoms with Crippen LogP contribution in [0.4, 0.5) is 0 Å². The molecule has 1 aliphatic rings. The topological polar surface area (TPSA) is 76.6 Å². The number of imide groups is 1. The quantitative estimate of drug-likeness (QED) is 0.782. The predicted molar refractivity (Wildman–Crippen MR) is 84.9 cm³/mol. The molecular formula is C16H16N2O4S.